The highest BCUT2D eigenvalue weighted by Crippen LogP contribution is 2.33. The number of aromatic nitrogens is 4. The molecule has 0 bridgehead atoms. The first-order valence-corrected chi connectivity index (χ1v) is 12.1. The SMILES string of the molecule is COc1ccc(-n2c(C)nc3c(NCCN4CCOCC4)nc(-c4ccc(C#N)cc4)nc32)cc1OC. The molecule has 0 spiro atoms. The monoisotopic (exact) mass is 499 g/mol. The van der Waals surface area contributed by atoms with Crippen molar-refractivity contribution >= 4 is 17.0 Å². The maximum absolute atomic E-state index is 9.20. The first kappa shape index (κ1) is 24.5. The van der Waals surface area contributed by atoms with E-state index >= 15 is 0 Å². The molecular weight excluding hydrogens is 470 g/mol. The van der Waals surface area contributed by atoms with E-state index in [9.17, 15) is 5.26 Å². The van der Waals surface area contributed by atoms with Crippen molar-refractivity contribution in [2.75, 3.05) is 58.9 Å². The first-order valence-electron chi connectivity index (χ1n) is 12.1. The second kappa shape index (κ2) is 10.8. The van der Waals surface area contributed by atoms with Crippen molar-refractivity contribution in [2.24, 2.45) is 0 Å². The van der Waals surface area contributed by atoms with Gasteiger partial charge >= 0.3 is 0 Å². The third kappa shape index (κ3) is 5.05. The van der Waals surface area contributed by atoms with Crippen LogP contribution in [0, 0.1) is 18.3 Å². The normalized spacial score (nSPS) is 13.9. The molecule has 0 aliphatic carbocycles. The number of rotatable bonds is 8. The molecule has 0 amide bonds. The number of anilines is 1. The molecule has 0 unspecified atom stereocenters. The number of morpholine rings is 1. The first-order chi connectivity index (χ1) is 18.1. The number of aryl methyl sites for hydroxylation is 1. The summed E-state index contributed by atoms with van der Waals surface area (Å²) in [5.74, 6) is 3.25. The van der Waals surface area contributed by atoms with Crippen LogP contribution in [0.15, 0.2) is 42.5 Å². The molecule has 0 saturated carbocycles. The summed E-state index contributed by atoms with van der Waals surface area (Å²) >= 11 is 0. The highest BCUT2D eigenvalue weighted by atomic mass is 16.5. The Balaban J connectivity index is 1.58. The van der Waals surface area contributed by atoms with Crippen LogP contribution in [0.2, 0.25) is 0 Å². The Bertz CT molecular complexity index is 1440. The van der Waals surface area contributed by atoms with E-state index in [-0.39, 0.29) is 0 Å². The van der Waals surface area contributed by atoms with Crippen LogP contribution in [0.1, 0.15) is 11.4 Å². The summed E-state index contributed by atoms with van der Waals surface area (Å²) in [6.45, 7) is 6.88. The molecule has 2 aromatic heterocycles. The van der Waals surface area contributed by atoms with Crippen LogP contribution in [0.5, 0.6) is 11.5 Å². The average Bonchev–Trinajstić information content (AvgIpc) is 3.29. The zero-order valence-corrected chi connectivity index (χ0v) is 21.2. The predicted octanol–water partition coefficient (Wildman–Crippen LogP) is 3.42. The van der Waals surface area contributed by atoms with Crippen molar-refractivity contribution in [1.82, 2.24) is 24.4 Å². The number of methoxy groups -OCH3 is 2. The van der Waals surface area contributed by atoms with Gasteiger partial charge in [-0.2, -0.15) is 5.26 Å². The van der Waals surface area contributed by atoms with Gasteiger partial charge in [0.2, 0.25) is 0 Å². The number of nitrogens with one attached hydrogen (secondary N) is 1. The number of nitrogens with zero attached hydrogens (tertiary/aromatic N) is 6. The van der Waals surface area contributed by atoms with E-state index in [0.717, 1.165) is 49.9 Å². The fourth-order valence-corrected chi connectivity index (χ4v) is 4.44. The summed E-state index contributed by atoms with van der Waals surface area (Å²) in [6, 6.07) is 15.1. The van der Waals surface area contributed by atoms with Gasteiger partial charge in [-0.25, -0.2) is 15.0 Å². The Morgan fingerprint density at radius 2 is 1.76 bits per heavy atom. The minimum Gasteiger partial charge on any atom is -0.493 e. The van der Waals surface area contributed by atoms with E-state index < -0.39 is 0 Å². The lowest BCUT2D eigenvalue weighted by Gasteiger charge is -2.26. The Kier molecular flexibility index (Phi) is 7.16. The molecule has 10 nitrogen and oxygen atoms in total. The molecule has 1 saturated heterocycles. The molecule has 190 valence electrons. The zero-order valence-electron chi connectivity index (χ0n) is 21.2. The summed E-state index contributed by atoms with van der Waals surface area (Å²) in [5.41, 5.74) is 3.61. The van der Waals surface area contributed by atoms with Crippen molar-refractivity contribution in [1.29, 1.82) is 5.26 Å². The quantitative estimate of drug-likeness (QED) is 0.390. The van der Waals surface area contributed by atoms with Crippen LogP contribution in [0.3, 0.4) is 0 Å². The highest BCUT2D eigenvalue weighted by molar-refractivity contribution is 5.87. The largest absolute Gasteiger partial charge is 0.493 e. The number of imidazole rings is 1. The lowest BCUT2D eigenvalue weighted by Crippen LogP contribution is -2.39. The van der Waals surface area contributed by atoms with Crippen molar-refractivity contribution in [3.05, 3.63) is 53.9 Å². The Hall–Kier alpha value is -4.20. The molecule has 0 radical (unpaired) electrons. The van der Waals surface area contributed by atoms with Gasteiger partial charge in [-0.1, -0.05) is 0 Å². The predicted molar refractivity (Wildman–Crippen MR) is 140 cm³/mol. The molecule has 5 rings (SSSR count). The maximum Gasteiger partial charge on any atom is 0.170 e. The van der Waals surface area contributed by atoms with Gasteiger partial charge in [-0.05, 0) is 43.3 Å². The summed E-state index contributed by atoms with van der Waals surface area (Å²) in [6.07, 6.45) is 0. The molecule has 37 heavy (non-hydrogen) atoms. The molecule has 2 aromatic carbocycles. The van der Waals surface area contributed by atoms with E-state index in [1.807, 2.05) is 41.8 Å². The van der Waals surface area contributed by atoms with Crippen LogP contribution in [-0.2, 0) is 4.74 Å². The molecule has 1 aliphatic rings. The number of hydrogen-bond donors (Lipinski definition) is 1. The number of fused-ring (bicyclic) bond motifs is 1. The highest BCUT2D eigenvalue weighted by Gasteiger charge is 2.19. The summed E-state index contributed by atoms with van der Waals surface area (Å²) in [4.78, 5) is 17.0. The maximum atomic E-state index is 9.20. The molecule has 1 aliphatic heterocycles. The smallest absolute Gasteiger partial charge is 0.170 e. The fourth-order valence-electron chi connectivity index (χ4n) is 4.44. The fraction of sp³-hybridized carbons (Fsp3) is 0.333. The Morgan fingerprint density at radius 3 is 2.46 bits per heavy atom. The third-order valence-electron chi connectivity index (χ3n) is 6.40. The molecule has 1 fully saturated rings. The molecule has 1 N–H and O–H groups in total. The second-order valence-corrected chi connectivity index (χ2v) is 8.67. The van der Waals surface area contributed by atoms with E-state index in [0.29, 0.717) is 46.4 Å². The van der Waals surface area contributed by atoms with Crippen LogP contribution in [-0.4, -0.2) is 78.0 Å². The van der Waals surface area contributed by atoms with Crippen molar-refractivity contribution < 1.29 is 14.2 Å². The summed E-state index contributed by atoms with van der Waals surface area (Å²) in [5, 5.41) is 12.7. The zero-order chi connectivity index (χ0) is 25.8. The minimum absolute atomic E-state index is 0.549. The van der Waals surface area contributed by atoms with Gasteiger partial charge in [0.05, 0.1) is 44.8 Å². The van der Waals surface area contributed by atoms with Gasteiger partial charge in [-0.3, -0.25) is 9.47 Å². The average molecular weight is 500 g/mol. The van der Waals surface area contributed by atoms with Crippen molar-refractivity contribution in [2.45, 2.75) is 6.92 Å². The van der Waals surface area contributed by atoms with Crippen LogP contribution in [0.25, 0.3) is 28.2 Å². The lowest BCUT2D eigenvalue weighted by atomic mass is 10.1. The molecule has 3 heterocycles. The van der Waals surface area contributed by atoms with Gasteiger partial charge in [0, 0.05) is 37.8 Å². The van der Waals surface area contributed by atoms with Crippen LogP contribution < -0.4 is 14.8 Å². The number of benzene rings is 2. The van der Waals surface area contributed by atoms with Gasteiger partial charge in [0.25, 0.3) is 0 Å². The molecule has 10 heteroatoms. The van der Waals surface area contributed by atoms with Gasteiger partial charge < -0.3 is 19.5 Å². The summed E-state index contributed by atoms with van der Waals surface area (Å²) < 4.78 is 18.4. The number of hydrogen-bond acceptors (Lipinski definition) is 9. The Morgan fingerprint density at radius 1 is 1.00 bits per heavy atom. The standard InChI is InChI=1S/C27H29N7O3/c1-18-30-24-26(29-10-11-33-12-14-37-15-13-33)31-25(20-6-4-19(17-28)5-7-20)32-27(24)34(18)21-8-9-22(35-2)23(16-21)36-3/h4-9,16H,10-15H2,1-3H3,(H,29,31,32). The van der Waals surface area contributed by atoms with Gasteiger partial charge in [0.1, 0.15) is 5.82 Å². The van der Waals surface area contributed by atoms with Crippen LogP contribution in [0.4, 0.5) is 5.82 Å². The third-order valence-corrected chi connectivity index (χ3v) is 6.40. The van der Waals surface area contributed by atoms with Gasteiger partial charge in [0.15, 0.2) is 34.3 Å². The minimum atomic E-state index is 0.549. The number of ether oxygens (including phenoxy) is 3. The molecule has 0 atom stereocenters. The summed E-state index contributed by atoms with van der Waals surface area (Å²) in [7, 11) is 3.23. The molecular formula is C27H29N7O3. The van der Waals surface area contributed by atoms with E-state index in [1.54, 1.807) is 26.4 Å². The van der Waals surface area contributed by atoms with E-state index in [1.165, 1.54) is 0 Å². The lowest BCUT2D eigenvalue weighted by molar-refractivity contribution is 0.0398. The number of nitriles is 1. The molecule has 4 aromatic rings. The second-order valence-electron chi connectivity index (χ2n) is 8.67. The van der Waals surface area contributed by atoms with Crippen LogP contribution >= 0.6 is 0 Å². The topological polar surface area (TPSA) is 110 Å². The van der Waals surface area contributed by atoms with Gasteiger partial charge in [-0.15, -0.1) is 0 Å². The van der Waals surface area contributed by atoms with Crippen molar-refractivity contribution in [3.63, 3.8) is 0 Å². The van der Waals surface area contributed by atoms with E-state index in [4.69, 9.17) is 29.2 Å². The van der Waals surface area contributed by atoms with E-state index in [2.05, 4.69) is 16.3 Å². The van der Waals surface area contributed by atoms with Crippen molar-refractivity contribution in [3.8, 4) is 34.6 Å². The Labute approximate surface area is 215 Å².